The van der Waals surface area contributed by atoms with Gasteiger partial charge in [-0.1, -0.05) is 18.2 Å². The number of nitrogens with zero attached hydrogens (tertiary/aromatic N) is 1. The van der Waals surface area contributed by atoms with Crippen LogP contribution in [0.25, 0.3) is 0 Å². The lowest BCUT2D eigenvalue weighted by Crippen LogP contribution is -2.29. The summed E-state index contributed by atoms with van der Waals surface area (Å²) < 4.78 is 57.9. The maximum Gasteiger partial charge on any atom is 0.339 e. The maximum absolute atomic E-state index is 13.0. The normalized spacial score (nSPS) is 15.9. The Hall–Kier alpha value is -2.92. The molecule has 0 spiro atoms. The second-order valence-corrected chi connectivity index (χ2v) is 9.90. The minimum atomic E-state index is -4.21. The molecule has 1 fully saturated rings. The summed E-state index contributed by atoms with van der Waals surface area (Å²) in [6.45, 7) is 1.53. The van der Waals surface area contributed by atoms with Gasteiger partial charge in [0.1, 0.15) is 0 Å². The molecule has 0 bridgehead atoms. The number of hydrogen-bond donors (Lipinski definition) is 1. The Kier molecular flexibility index (Phi) is 5.37. The molecule has 1 amide bonds. The third kappa shape index (κ3) is 3.96. The Morgan fingerprint density at radius 3 is 2.48 bits per heavy atom. The number of benzene rings is 2. The van der Waals surface area contributed by atoms with Crippen LogP contribution in [0.5, 0.6) is 0 Å². The van der Waals surface area contributed by atoms with E-state index in [1.54, 1.807) is 12.1 Å². The molecule has 29 heavy (non-hydrogen) atoms. The van der Waals surface area contributed by atoms with Gasteiger partial charge in [0.2, 0.25) is 15.9 Å². The van der Waals surface area contributed by atoms with Crippen molar-refractivity contribution in [1.29, 1.82) is 0 Å². The Morgan fingerprint density at radius 2 is 1.86 bits per heavy atom. The Balaban J connectivity index is 2.05. The highest BCUT2D eigenvalue weighted by molar-refractivity contribution is 7.94. The summed E-state index contributed by atoms with van der Waals surface area (Å²) in [5.74, 6) is -1.67. The molecule has 9 nitrogen and oxygen atoms in total. The number of sulfonamides is 2. The molecule has 0 atom stereocenters. The first kappa shape index (κ1) is 20.8. The van der Waals surface area contributed by atoms with Crippen LogP contribution in [0.4, 0.5) is 11.4 Å². The number of amides is 1. The summed E-state index contributed by atoms with van der Waals surface area (Å²) in [7, 11) is -6.87. The van der Waals surface area contributed by atoms with E-state index in [1.807, 2.05) is 0 Å². The first-order valence-corrected chi connectivity index (χ1v) is 11.5. The van der Waals surface area contributed by atoms with Crippen LogP contribution in [0.15, 0.2) is 47.4 Å². The molecular formula is C18H18N2O7S2. The second-order valence-electron chi connectivity index (χ2n) is 6.32. The summed E-state index contributed by atoms with van der Waals surface area (Å²) in [6.07, 6.45) is -0.164. The van der Waals surface area contributed by atoms with E-state index in [-0.39, 0.29) is 34.0 Å². The minimum Gasteiger partial charge on any atom is -0.465 e. The highest BCUT2D eigenvalue weighted by Gasteiger charge is 2.37. The van der Waals surface area contributed by atoms with Crippen LogP contribution in [0.1, 0.15) is 22.3 Å². The molecule has 154 valence electrons. The Bertz CT molecular complexity index is 1200. The molecule has 1 saturated heterocycles. The van der Waals surface area contributed by atoms with Gasteiger partial charge < -0.3 is 4.74 Å². The van der Waals surface area contributed by atoms with E-state index in [9.17, 15) is 26.4 Å². The summed E-state index contributed by atoms with van der Waals surface area (Å²) in [6, 6.07) is 9.82. The fourth-order valence-electron chi connectivity index (χ4n) is 2.93. The van der Waals surface area contributed by atoms with Crippen LogP contribution in [-0.4, -0.2) is 41.6 Å². The number of nitrogens with one attached hydrogen (secondary N) is 1. The average molecular weight is 438 g/mol. The predicted molar refractivity (Wildman–Crippen MR) is 106 cm³/mol. The van der Waals surface area contributed by atoms with Gasteiger partial charge in [0.15, 0.2) is 0 Å². The van der Waals surface area contributed by atoms with Gasteiger partial charge in [-0.15, -0.1) is 0 Å². The number of aryl methyl sites for hydroxylation is 1. The summed E-state index contributed by atoms with van der Waals surface area (Å²) in [4.78, 5) is 23.7. The molecule has 0 unspecified atom stereocenters. The van der Waals surface area contributed by atoms with Gasteiger partial charge in [0.25, 0.3) is 10.0 Å². The first-order chi connectivity index (χ1) is 13.6. The molecule has 1 heterocycles. The van der Waals surface area contributed by atoms with E-state index in [4.69, 9.17) is 0 Å². The molecule has 0 radical (unpaired) electrons. The summed E-state index contributed by atoms with van der Waals surface area (Å²) >= 11 is 0. The van der Waals surface area contributed by atoms with Crippen molar-refractivity contribution >= 4 is 43.3 Å². The van der Waals surface area contributed by atoms with E-state index < -0.39 is 31.9 Å². The molecule has 11 heteroatoms. The van der Waals surface area contributed by atoms with Crippen LogP contribution < -0.4 is 9.03 Å². The van der Waals surface area contributed by atoms with Crippen LogP contribution >= 0.6 is 0 Å². The Labute approximate surface area is 168 Å². The highest BCUT2D eigenvalue weighted by atomic mass is 32.2. The molecule has 1 aliphatic rings. The molecule has 0 aliphatic carbocycles. The number of rotatable bonds is 5. The lowest BCUT2D eigenvalue weighted by molar-refractivity contribution is -0.116. The Morgan fingerprint density at radius 1 is 1.17 bits per heavy atom. The van der Waals surface area contributed by atoms with Crippen molar-refractivity contribution in [3.05, 3.63) is 53.6 Å². The van der Waals surface area contributed by atoms with Crippen LogP contribution in [0, 0.1) is 6.92 Å². The zero-order valence-electron chi connectivity index (χ0n) is 15.6. The van der Waals surface area contributed by atoms with Crippen molar-refractivity contribution in [3.63, 3.8) is 0 Å². The fraction of sp³-hybridized carbons (Fsp3) is 0.222. The average Bonchev–Trinajstić information content (AvgIpc) is 2.94. The zero-order valence-corrected chi connectivity index (χ0v) is 17.2. The number of carbonyl (C=O) groups excluding carboxylic acids is 2. The fourth-order valence-corrected chi connectivity index (χ4v) is 5.73. The smallest absolute Gasteiger partial charge is 0.339 e. The van der Waals surface area contributed by atoms with Crippen molar-refractivity contribution in [2.24, 2.45) is 0 Å². The quantitative estimate of drug-likeness (QED) is 0.703. The number of anilines is 2. The number of methoxy groups -OCH3 is 1. The van der Waals surface area contributed by atoms with Gasteiger partial charge in [-0.2, -0.15) is 0 Å². The third-order valence-corrected chi connectivity index (χ3v) is 7.55. The number of para-hydroxylation sites is 1. The van der Waals surface area contributed by atoms with Gasteiger partial charge >= 0.3 is 5.97 Å². The number of esters is 1. The molecule has 0 saturated carbocycles. The van der Waals surface area contributed by atoms with Crippen molar-refractivity contribution in [2.45, 2.75) is 18.2 Å². The topological polar surface area (TPSA) is 127 Å². The largest absolute Gasteiger partial charge is 0.465 e. The predicted octanol–water partition coefficient (Wildman–Crippen LogP) is 1.65. The SMILES string of the molecule is COC(=O)c1ccccc1NS(=O)(=O)c1cc(N2C(=O)CCS2(=O)=O)ccc1C. The van der Waals surface area contributed by atoms with Gasteiger partial charge in [-0.3, -0.25) is 9.52 Å². The van der Waals surface area contributed by atoms with Gasteiger partial charge in [-0.25, -0.2) is 25.9 Å². The summed E-state index contributed by atoms with van der Waals surface area (Å²) in [5.41, 5.74) is 0.305. The zero-order chi connectivity index (χ0) is 21.4. The van der Waals surface area contributed by atoms with Gasteiger partial charge in [0, 0.05) is 6.42 Å². The monoisotopic (exact) mass is 438 g/mol. The van der Waals surface area contributed by atoms with Crippen molar-refractivity contribution in [2.75, 3.05) is 21.9 Å². The molecule has 2 aromatic carbocycles. The van der Waals surface area contributed by atoms with E-state index in [0.717, 1.165) is 6.07 Å². The second kappa shape index (κ2) is 7.48. The van der Waals surface area contributed by atoms with Crippen molar-refractivity contribution in [3.8, 4) is 0 Å². The van der Waals surface area contributed by atoms with Gasteiger partial charge in [-0.05, 0) is 36.8 Å². The van der Waals surface area contributed by atoms with E-state index in [2.05, 4.69) is 9.46 Å². The first-order valence-electron chi connectivity index (χ1n) is 8.43. The van der Waals surface area contributed by atoms with Crippen LogP contribution in [0.2, 0.25) is 0 Å². The van der Waals surface area contributed by atoms with E-state index in [0.29, 0.717) is 9.87 Å². The van der Waals surface area contributed by atoms with Crippen LogP contribution in [-0.2, 0) is 29.6 Å². The molecule has 1 aliphatic heterocycles. The lowest BCUT2D eigenvalue weighted by atomic mass is 10.2. The number of ether oxygens (including phenoxy) is 1. The van der Waals surface area contributed by atoms with E-state index in [1.165, 1.54) is 38.3 Å². The third-order valence-electron chi connectivity index (χ3n) is 4.35. The molecule has 3 rings (SSSR count). The molecular weight excluding hydrogens is 420 g/mol. The number of carbonyl (C=O) groups is 2. The standard InChI is InChI=1S/C18H18N2O7S2/c1-12-7-8-13(20-17(21)9-10-28(20,23)24)11-16(12)29(25,26)19-15-6-4-3-5-14(15)18(22)27-2/h3-8,11,19H,9-10H2,1-2H3. The molecule has 0 aromatic heterocycles. The van der Waals surface area contributed by atoms with Crippen molar-refractivity contribution < 1.29 is 31.2 Å². The molecule has 2 aromatic rings. The van der Waals surface area contributed by atoms with Crippen LogP contribution in [0.3, 0.4) is 0 Å². The highest BCUT2D eigenvalue weighted by Crippen LogP contribution is 2.30. The number of hydrogen-bond acceptors (Lipinski definition) is 7. The van der Waals surface area contributed by atoms with Gasteiger partial charge in [0.05, 0.1) is 34.7 Å². The maximum atomic E-state index is 13.0. The minimum absolute atomic E-state index is 0.00836. The summed E-state index contributed by atoms with van der Waals surface area (Å²) in [5, 5.41) is 0. The van der Waals surface area contributed by atoms with E-state index >= 15 is 0 Å². The van der Waals surface area contributed by atoms with Crippen molar-refractivity contribution in [1.82, 2.24) is 0 Å². The lowest BCUT2D eigenvalue weighted by Gasteiger charge is -2.18. The molecule has 1 N–H and O–H groups in total.